The van der Waals surface area contributed by atoms with Crippen molar-refractivity contribution in [2.75, 3.05) is 26.9 Å². The molecule has 0 aromatic heterocycles. The summed E-state index contributed by atoms with van der Waals surface area (Å²) in [5, 5.41) is 7.94. The zero-order valence-electron chi connectivity index (χ0n) is 10.1. The standard InChI is InChI=1S/C8H14O2.C3H8O2/c1-5-7(9)10-6-8(2,3)4;1-5-3-2-4/h5H,1,6H2,2-4H3;4H,2-3H2,1H3. The van der Waals surface area contributed by atoms with E-state index in [0.29, 0.717) is 13.2 Å². The van der Waals surface area contributed by atoms with E-state index in [1.54, 1.807) is 7.11 Å². The van der Waals surface area contributed by atoms with Gasteiger partial charge in [-0.25, -0.2) is 4.79 Å². The van der Waals surface area contributed by atoms with Gasteiger partial charge in [0.2, 0.25) is 0 Å². The van der Waals surface area contributed by atoms with Crippen molar-refractivity contribution in [2.45, 2.75) is 20.8 Å². The van der Waals surface area contributed by atoms with Crippen molar-refractivity contribution in [1.29, 1.82) is 0 Å². The fourth-order valence-corrected chi connectivity index (χ4v) is 0.438. The van der Waals surface area contributed by atoms with Crippen molar-refractivity contribution in [2.24, 2.45) is 5.41 Å². The lowest BCUT2D eigenvalue weighted by molar-refractivity contribution is -0.140. The summed E-state index contributed by atoms with van der Waals surface area (Å²) in [4.78, 5) is 10.5. The van der Waals surface area contributed by atoms with Gasteiger partial charge in [0.25, 0.3) is 0 Å². The van der Waals surface area contributed by atoms with Gasteiger partial charge in [0, 0.05) is 13.2 Å². The van der Waals surface area contributed by atoms with Gasteiger partial charge in [0.15, 0.2) is 0 Å². The fraction of sp³-hybridized carbons (Fsp3) is 0.727. The van der Waals surface area contributed by atoms with Crippen molar-refractivity contribution in [3.63, 3.8) is 0 Å². The van der Waals surface area contributed by atoms with E-state index < -0.39 is 0 Å². The molecule has 90 valence electrons. The van der Waals surface area contributed by atoms with Crippen molar-refractivity contribution in [3.8, 4) is 0 Å². The number of methoxy groups -OCH3 is 1. The molecule has 0 unspecified atom stereocenters. The molecule has 0 aliphatic carbocycles. The third-order valence-corrected chi connectivity index (χ3v) is 1.11. The minimum Gasteiger partial charge on any atom is -0.462 e. The molecule has 0 aromatic rings. The topological polar surface area (TPSA) is 55.8 Å². The highest BCUT2D eigenvalue weighted by molar-refractivity contribution is 5.81. The largest absolute Gasteiger partial charge is 0.462 e. The first-order valence-electron chi connectivity index (χ1n) is 4.76. The van der Waals surface area contributed by atoms with Crippen molar-refractivity contribution < 1.29 is 19.4 Å². The molecule has 4 heteroatoms. The molecular weight excluding hydrogens is 196 g/mol. The van der Waals surface area contributed by atoms with E-state index in [-0.39, 0.29) is 18.0 Å². The molecule has 0 radical (unpaired) electrons. The van der Waals surface area contributed by atoms with Crippen LogP contribution >= 0.6 is 0 Å². The second kappa shape index (κ2) is 9.68. The summed E-state index contributed by atoms with van der Waals surface area (Å²) >= 11 is 0. The van der Waals surface area contributed by atoms with Crippen LogP contribution in [-0.4, -0.2) is 38.0 Å². The maximum atomic E-state index is 10.5. The number of rotatable bonds is 4. The lowest BCUT2D eigenvalue weighted by Gasteiger charge is -2.16. The number of hydrogen-bond acceptors (Lipinski definition) is 4. The molecule has 0 spiro atoms. The molecule has 0 saturated heterocycles. The number of carbonyl (C=O) groups is 1. The van der Waals surface area contributed by atoms with E-state index in [4.69, 9.17) is 9.84 Å². The first-order valence-corrected chi connectivity index (χ1v) is 4.76. The van der Waals surface area contributed by atoms with Gasteiger partial charge in [0.05, 0.1) is 19.8 Å². The molecule has 0 amide bonds. The maximum Gasteiger partial charge on any atom is 0.330 e. The first kappa shape index (κ1) is 16.6. The van der Waals surface area contributed by atoms with E-state index in [9.17, 15) is 4.79 Å². The van der Waals surface area contributed by atoms with Gasteiger partial charge in [-0.3, -0.25) is 0 Å². The van der Waals surface area contributed by atoms with E-state index in [1.165, 1.54) is 6.08 Å². The monoisotopic (exact) mass is 218 g/mol. The first-order chi connectivity index (χ1) is 6.87. The highest BCUT2D eigenvalue weighted by Gasteiger charge is 2.11. The van der Waals surface area contributed by atoms with Crippen LogP contribution in [0.1, 0.15) is 20.8 Å². The van der Waals surface area contributed by atoms with Crippen LogP contribution in [0.5, 0.6) is 0 Å². The third kappa shape index (κ3) is 19.5. The van der Waals surface area contributed by atoms with Gasteiger partial charge in [-0.1, -0.05) is 27.4 Å². The Bertz CT molecular complexity index is 168. The molecule has 0 saturated carbocycles. The Labute approximate surface area is 91.9 Å². The van der Waals surface area contributed by atoms with Crippen LogP contribution in [0.15, 0.2) is 12.7 Å². The predicted molar refractivity (Wildman–Crippen MR) is 59.6 cm³/mol. The molecule has 0 rings (SSSR count). The van der Waals surface area contributed by atoms with Crippen LogP contribution < -0.4 is 0 Å². The molecular formula is C11H22O4. The van der Waals surface area contributed by atoms with Gasteiger partial charge in [-0.05, 0) is 5.41 Å². The van der Waals surface area contributed by atoms with Crippen LogP contribution in [0.25, 0.3) is 0 Å². The summed E-state index contributed by atoms with van der Waals surface area (Å²) in [5.41, 5.74) is 0.0403. The minimum absolute atomic E-state index is 0.0403. The summed E-state index contributed by atoms with van der Waals surface area (Å²) in [5.74, 6) is -0.352. The van der Waals surface area contributed by atoms with Crippen molar-refractivity contribution >= 4 is 5.97 Å². The number of aliphatic hydroxyl groups is 1. The minimum atomic E-state index is -0.352. The molecule has 0 atom stereocenters. The Morgan fingerprint density at radius 3 is 2.20 bits per heavy atom. The number of hydrogen-bond donors (Lipinski definition) is 1. The highest BCUT2D eigenvalue weighted by Crippen LogP contribution is 2.12. The SMILES string of the molecule is C=CC(=O)OCC(C)(C)C.COCCO. The lowest BCUT2D eigenvalue weighted by atomic mass is 9.99. The summed E-state index contributed by atoms with van der Waals surface area (Å²) in [6.45, 7) is 10.3. The number of carbonyl (C=O) groups excluding carboxylic acids is 1. The average molecular weight is 218 g/mol. The third-order valence-electron chi connectivity index (χ3n) is 1.11. The average Bonchev–Trinajstić information content (AvgIpc) is 2.15. The fourth-order valence-electron chi connectivity index (χ4n) is 0.438. The van der Waals surface area contributed by atoms with Gasteiger partial charge < -0.3 is 14.6 Å². The Balaban J connectivity index is 0. The normalized spacial score (nSPS) is 9.93. The zero-order valence-corrected chi connectivity index (χ0v) is 10.1. The summed E-state index contributed by atoms with van der Waals surface area (Å²) in [7, 11) is 1.55. The van der Waals surface area contributed by atoms with Crippen LogP contribution in [0.4, 0.5) is 0 Å². The molecule has 15 heavy (non-hydrogen) atoms. The van der Waals surface area contributed by atoms with Crippen LogP contribution in [0, 0.1) is 5.41 Å². The second-order valence-electron chi connectivity index (χ2n) is 4.09. The van der Waals surface area contributed by atoms with Gasteiger partial charge in [-0.15, -0.1) is 0 Å². The quantitative estimate of drug-likeness (QED) is 0.572. The Hall–Kier alpha value is -0.870. The van der Waals surface area contributed by atoms with Gasteiger partial charge >= 0.3 is 5.97 Å². The summed E-state index contributed by atoms with van der Waals surface area (Å²) in [6.07, 6.45) is 1.17. The number of aliphatic hydroxyl groups excluding tert-OH is 1. The van der Waals surface area contributed by atoms with Crippen LogP contribution in [0.2, 0.25) is 0 Å². The number of ether oxygens (including phenoxy) is 2. The molecule has 0 aliphatic heterocycles. The lowest BCUT2D eigenvalue weighted by Crippen LogP contribution is -2.16. The second-order valence-corrected chi connectivity index (χ2v) is 4.09. The van der Waals surface area contributed by atoms with E-state index in [0.717, 1.165) is 0 Å². The van der Waals surface area contributed by atoms with E-state index in [1.807, 2.05) is 20.8 Å². The Morgan fingerprint density at radius 2 is 2.00 bits per heavy atom. The summed E-state index contributed by atoms with van der Waals surface area (Å²) in [6, 6.07) is 0. The van der Waals surface area contributed by atoms with Gasteiger partial charge in [-0.2, -0.15) is 0 Å². The van der Waals surface area contributed by atoms with Crippen molar-refractivity contribution in [3.05, 3.63) is 12.7 Å². The van der Waals surface area contributed by atoms with Gasteiger partial charge in [0.1, 0.15) is 0 Å². The van der Waals surface area contributed by atoms with Crippen LogP contribution in [0.3, 0.4) is 0 Å². The zero-order chi connectivity index (χ0) is 12.3. The van der Waals surface area contributed by atoms with Crippen LogP contribution in [-0.2, 0) is 14.3 Å². The molecule has 0 fully saturated rings. The Kier molecular flexibility index (Phi) is 10.7. The molecule has 0 aliphatic rings. The molecule has 4 nitrogen and oxygen atoms in total. The maximum absolute atomic E-state index is 10.5. The molecule has 0 heterocycles. The highest BCUT2D eigenvalue weighted by atomic mass is 16.5. The molecule has 0 bridgehead atoms. The number of esters is 1. The van der Waals surface area contributed by atoms with E-state index in [2.05, 4.69) is 11.3 Å². The summed E-state index contributed by atoms with van der Waals surface area (Å²) < 4.78 is 9.24. The smallest absolute Gasteiger partial charge is 0.330 e. The molecule has 1 N–H and O–H groups in total. The Morgan fingerprint density at radius 1 is 1.47 bits per heavy atom. The predicted octanol–water partition coefficient (Wildman–Crippen LogP) is 1.39. The molecule has 0 aromatic carbocycles. The van der Waals surface area contributed by atoms with E-state index >= 15 is 0 Å². The van der Waals surface area contributed by atoms with Crippen molar-refractivity contribution in [1.82, 2.24) is 0 Å².